The minimum absolute atomic E-state index is 0.0539. The number of aryl methyl sites for hydroxylation is 1. The average molecular weight is 434 g/mol. The number of hydrogen-bond donors (Lipinski definition) is 1. The Balaban J connectivity index is 1.61. The zero-order valence-corrected chi connectivity index (χ0v) is 18.5. The van der Waals surface area contributed by atoms with Gasteiger partial charge < -0.3 is 10.1 Å². The van der Waals surface area contributed by atoms with Crippen LogP contribution in [-0.4, -0.2) is 19.0 Å². The molecule has 2 aromatic carbocycles. The van der Waals surface area contributed by atoms with Gasteiger partial charge in [0, 0.05) is 17.2 Å². The van der Waals surface area contributed by atoms with E-state index in [-0.39, 0.29) is 17.8 Å². The van der Waals surface area contributed by atoms with Crippen LogP contribution in [-0.2, 0) is 22.4 Å². The average Bonchev–Trinajstić information content (AvgIpc) is 2.98. The van der Waals surface area contributed by atoms with Crippen LogP contribution >= 0.6 is 11.3 Å². The van der Waals surface area contributed by atoms with Gasteiger partial charge >= 0.3 is 5.97 Å². The first-order chi connectivity index (χ1) is 15.2. The molecule has 1 aliphatic rings. The van der Waals surface area contributed by atoms with E-state index >= 15 is 0 Å². The van der Waals surface area contributed by atoms with Gasteiger partial charge in [0.15, 0.2) is 0 Å². The van der Waals surface area contributed by atoms with Gasteiger partial charge in [-0.25, -0.2) is 4.79 Å². The number of carbonyl (C=O) groups excluding carboxylic acids is 2. The number of esters is 1. The van der Waals surface area contributed by atoms with Crippen LogP contribution in [0.25, 0.3) is 0 Å². The molecule has 31 heavy (non-hydrogen) atoms. The van der Waals surface area contributed by atoms with Gasteiger partial charge in [0.1, 0.15) is 5.00 Å². The number of nitrogens with one attached hydrogen (secondary N) is 1. The lowest BCUT2D eigenvalue weighted by Crippen LogP contribution is -2.18. The number of methoxy groups -OCH3 is 1. The van der Waals surface area contributed by atoms with Crippen molar-refractivity contribution < 1.29 is 14.3 Å². The van der Waals surface area contributed by atoms with Crippen molar-refractivity contribution in [3.05, 3.63) is 87.8 Å². The highest BCUT2D eigenvalue weighted by atomic mass is 32.1. The minimum Gasteiger partial charge on any atom is -0.465 e. The van der Waals surface area contributed by atoms with Crippen molar-refractivity contribution >= 4 is 28.2 Å². The summed E-state index contributed by atoms with van der Waals surface area (Å²) < 4.78 is 5.06. The van der Waals surface area contributed by atoms with E-state index in [1.54, 1.807) is 0 Å². The second-order valence-corrected chi connectivity index (χ2v) is 8.99. The van der Waals surface area contributed by atoms with Crippen molar-refractivity contribution in [3.8, 4) is 0 Å². The molecule has 0 aliphatic heterocycles. The zero-order valence-electron chi connectivity index (χ0n) is 17.7. The SMILES string of the molecule is COC(=O)c1c(NC(=O)CC(c2ccccc2)c2ccccc2)sc2c1CCCCC2. The summed E-state index contributed by atoms with van der Waals surface area (Å²) in [6, 6.07) is 20.2. The van der Waals surface area contributed by atoms with E-state index in [4.69, 9.17) is 4.74 Å². The van der Waals surface area contributed by atoms with Crippen LogP contribution in [0.5, 0.6) is 0 Å². The number of fused-ring (bicyclic) bond motifs is 1. The number of rotatable bonds is 6. The van der Waals surface area contributed by atoms with E-state index in [1.807, 2.05) is 36.4 Å². The Hall–Kier alpha value is -2.92. The third-order valence-electron chi connectivity index (χ3n) is 5.86. The van der Waals surface area contributed by atoms with Crippen molar-refractivity contribution in [2.24, 2.45) is 0 Å². The standard InChI is InChI=1S/C26H27NO3S/c1-30-26(29)24-20-15-9-4-10-16-22(20)31-25(24)27-23(28)17-21(18-11-5-2-6-12-18)19-13-7-3-8-14-19/h2-3,5-8,11-14,21H,4,9-10,15-17H2,1H3,(H,27,28). The fourth-order valence-electron chi connectivity index (χ4n) is 4.31. The van der Waals surface area contributed by atoms with Crippen molar-refractivity contribution in [2.75, 3.05) is 12.4 Å². The molecule has 3 aromatic rings. The third kappa shape index (κ3) is 4.88. The predicted molar refractivity (Wildman–Crippen MR) is 125 cm³/mol. The van der Waals surface area contributed by atoms with Gasteiger partial charge in [-0.05, 0) is 42.4 Å². The molecule has 1 N–H and O–H groups in total. The molecule has 5 heteroatoms. The lowest BCUT2D eigenvalue weighted by atomic mass is 9.88. The number of anilines is 1. The first kappa shape index (κ1) is 21.3. The molecule has 0 saturated heterocycles. The van der Waals surface area contributed by atoms with Crippen molar-refractivity contribution in [1.29, 1.82) is 0 Å². The molecule has 0 spiro atoms. The monoisotopic (exact) mass is 433 g/mol. The summed E-state index contributed by atoms with van der Waals surface area (Å²) in [5, 5.41) is 3.68. The van der Waals surface area contributed by atoms with Gasteiger partial charge in [-0.1, -0.05) is 67.1 Å². The maximum absolute atomic E-state index is 13.2. The predicted octanol–water partition coefficient (Wildman–Crippen LogP) is 5.96. The van der Waals surface area contributed by atoms with Crippen LogP contribution in [0.4, 0.5) is 5.00 Å². The van der Waals surface area contributed by atoms with E-state index < -0.39 is 0 Å². The molecule has 0 bridgehead atoms. The first-order valence-electron chi connectivity index (χ1n) is 10.8. The number of amides is 1. The van der Waals surface area contributed by atoms with Gasteiger partial charge in [-0.2, -0.15) is 0 Å². The van der Waals surface area contributed by atoms with Gasteiger partial charge in [-0.3, -0.25) is 4.79 Å². The Morgan fingerprint density at radius 3 is 2.16 bits per heavy atom. The van der Waals surface area contributed by atoms with E-state index in [2.05, 4.69) is 29.6 Å². The van der Waals surface area contributed by atoms with E-state index in [1.165, 1.54) is 29.7 Å². The molecular weight excluding hydrogens is 406 g/mol. The maximum Gasteiger partial charge on any atom is 0.341 e. The van der Waals surface area contributed by atoms with Crippen molar-refractivity contribution in [3.63, 3.8) is 0 Å². The van der Waals surface area contributed by atoms with Crippen LogP contribution in [0.2, 0.25) is 0 Å². The van der Waals surface area contributed by atoms with E-state index in [0.29, 0.717) is 17.0 Å². The quantitative estimate of drug-likeness (QED) is 0.385. The molecule has 0 radical (unpaired) electrons. The molecule has 1 amide bonds. The van der Waals surface area contributed by atoms with Gasteiger partial charge in [0.25, 0.3) is 0 Å². The lowest BCUT2D eigenvalue weighted by molar-refractivity contribution is -0.116. The summed E-state index contributed by atoms with van der Waals surface area (Å²) in [7, 11) is 1.40. The number of benzene rings is 2. The summed E-state index contributed by atoms with van der Waals surface area (Å²) in [5.41, 5.74) is 3.80. The smallest absolute Gasteiger partial charge is 0.341 e. The summed E-state index contributed by atoms with van der Waals surface area (Å²) in [6.07, 6.45) is 5.47. The Bertz CT molecular complexity index is 1000. The topological polar surface area (TPSA) is 55.4 Å². The zero-order chi connectivity index (χ0) is 21.6. The van der Waals surface area contributed by atoms with Gasteiger partial charge in [-0.15, -0.1) is 11.3 Å². The van der Waals surface area contributed by atoms with Crippen LogP contribution in [0.1, 0.15) is 63.5 Å². The Kier molecular flexibility index (Phi) is 6.82. The Morgan fingerprint density at radius 2 is 1.55 bits per heavy atom. The van der Waals surface area contributed by atoms with Gasteiger partial charge in [0.2, 0.25) is 5.91 Å². The molecule has 0 fully saturated rings. The van der Waals surface area contributed by atoms with Crippen LogP contribution < -0.4 is 5.32 Å². The molecule has 160 valence electrons. The molecule has 1 heterocycles. The van der Waals surface area contributed by atoms with Crippen LogP contribution in [0.3, 0.4) is 0 Å². The van der Waals surface area contributed by atoms with Gasteiger partial charge in [0.05, 0.1) is 12.7 Å². The number of hydrogen-bond acceptors (Lipinski definition) is 4. The minimum atomic E-state index is -0.364. The van der Waals surface area contributed by atoms with E-state index in [0.717, 1.165) is 42.4 Å². The maximum atomic E-state index is 13.2. The van der Waals surface area contributed by atoms with Crippen LogP contribution in [0.15, 0.2) is 60.7 Å². The molecule has 4 nitrogen and oxygen atoms in total. The second-order valence-electron chi connectivity index (χ2n) is 7.89. The Morgan fingerprint density at radius 1 is 0.935 bits per heavy atom. The summed E-state index contributed by atoms with van der Waals surface area (Å²) in [5.74, 6) is -0.515. The first-order valence-corrected chi connectivity index (χ1v) is 11.6. The molecule has 0 saturated carbocycles. The largest absolute Gasteiger partial charge is 0.465 e. The molecule has 0 unspecified atom stereocenters. The molecular formula is C26H27NO3S. The number of ether oxygens (including phenoxy) is 1. The highest BCUT2D eigenvalue weighted by molar-refractivity contribution is 7.17. The fraction of sp³-hybridized carbons (Fsp3) is 0.308. The number of carbonyl (C=O) groups is 2. The summed E-state index contributed by atoms with van der Waals surface area (Å²) in [4.78, 5) is 26.9. The highest BCUT2D eigenvalue weighted by Crippen LogP contribution is 2.38. The Labute approximate surface area is 187 Å². The highest BCUT2D eigenvalue weighted by Gasteiger charge is 2.27. The summed E-state index contributed by atoms with van der Waals surface area (Å²) in [6.45, 7) is 0. The van der Waals surface area contributed by atoms with E-state index in [9.17, 15) is 9.59 Å². The molecule has 1 aliphatic carbocycles. The third-order valence-corrected chi connectivity index (χ3v) is 7.06. The molecule has 4 rings (SSSR count). The summed E-state index contributed by atoms with van der Waals surface area (Å²) >= 11 is 1.53. The lowest BCUT2D eigenvalue weighted by Gasteiger charge is -2.18. The van der Waals surface area contributed by atoms with Crippen molar-refractivity contribution in [1.82, 2.24) is 0 Å². The second kappa shape index (κ2) is 9.92. The van der Waals surface area contributed by atoms with Crippen LogP contribution in [0, 0.1) is 0 Å². The normalized spacial score (nSPS) is 13.4. The molecule has 0 atom stereocenters. The van der Waals surface area contributed by atoms with Crippen molar-refractivity contribution in [2.45, 2.75) is 44.4 Å². The number of thiophene rings is 1. The fourth-order valence-corrected chi connectivity index (χ4v) is 5.60. The molecule has 1 aromatic heterocycles.